The Morgan fingerprint density at radius 2 is 1.74 bits per heavy atom. The molecule has 0 saturated carbocycles. The first-order valence-electron chi connectivity index (χ1n) is 12.7. The molecular formula is C28H45F3N4. The number of anilines is 1. The SMILES string of the molecule is C.C.CC1NC2C=C(F)CC3CCCC(C)N(C3C2)C1CN1CCN(c2ccc(F)cc2F)CC1. The fourth-order valence-electron chi connectivity index (χ4n) is 6.83. The number of benzene rings is 1. The highest BCUT2D eigenvalue weighted by molar-refractivity contribution is 5.48. The Bertz CT molecular complexity index is 870. The van der Waals surface area contributed by atoms with Gasteiger partial charge in [0, 0.05) is 75.4 Å². The van der Waals surface area contributed by atoms with Gasteiger partial charge in [-0.2, -0.15) is 0 Å². The third-order valence-corrected chi connectivity index (χ3v) is 8.47. The van der Waals surface area contributed by atoms with Crippen LogP contribution in [0, 0.1) is 17.6 Å². The summed E-state index contributed by atoms with van der Waals surface area (Å²) in [6.07, 6.45) is 6.86. The van der Waals surface area contributed by atoms with Gasteiger partial charge in [0.1, 0.15) is 11.6 Å². The smallest absolute Gasteiger partial charge is 0.149 e. The normalized spacial score (nSPS) is 34.0. The molecule has 3 heterocycles. The van der Waals surface area contributed by atoms with E-state index in [4.69, 9.17) is 0 Å². The van der Waals surface area contributed by atoms with Crippen molar-refractivity contribution < 1.29 is 13.2 Å². The maximum Gasteiger partial charge on any atom is 0.149 e. The van der Waals surface area contributed by atoms with Crippen LogP contribution in [-0.2, 0) is 0 Å². The lowest BCUT2D eigenvalue weighted by Crippen LogP contribution is -2.60. The first kappa shape index (κ1) is 28.0. The van der Waals surface area contributed by atoms with Crippen LogP contribution in [0.1, 0.15) is 60.8 Å². The Hall–Kier alpha value is -1.57. The molecule has 2 bridgehead atoms. The lowest BCUT2D eigenvalue weighted by atomic mass is 9.89. The van der Waals surface area contributed by atoms with Crippen LogP contribution >= 0.6 is 0 Å². The number of nitrogens with one attached hydrogen (secondary N) is 1. The predicted octanol–water partition coefficient (Wildman–Crippen LogP) is 5.59. The van der Waals surface area contributed by atoms with Crippen LogP contribution in [0.25, 0.3) is 0 Å². The van der Waals surface area contributed by atoms with E-state index in [1.165, 1.54) is 18.9 Å². The zero-order valence-corrected chi connectivity index (χ0v) is 19.8. The van der Waals surface area contributed by atoms with Crippen LogP contribution in [0.2, 0.25) is 0 Å². The molecule has 7 heteroatoms. The van der Waals surface area contributed by atoms with Crippen LogP contribution < -0.4 is 10.2 Å². The first-order chi connectivity index (χ1) is 15.9. The molecule has 0 amide bonds. The molecule has 4 aliphatic rings. The van der Waals surface area contributed by atoms with Gasteiger partial charge in [-0.15, -0.1) is 0 Å². The number of halogens is 3. The van der Waals surface area contributed by atoms with Crippen molar-refractivity contribution in [2.45, 2.75) is 91.0 Å². The molecule has 0 aromatic heterocycles. The van der Waals surface area contributed by atoms with Crippen molar-refractivity contribution >= 4 is 5.69 Å². The van der Waals surface area contributed by atoms with Crippen molar-refractivity contribution in [3.63, 3.8) is 0 Å². The Balaban J connectivity index is 0.00000171. The van der Waals surface area contributed by atoms with E-state index in [2.05, 4.69) is 29.0 Å². The number of nitrogens with zero attached hydrogens (tertiary/aromatic N) is 3. The summed E-state index contributed by atoms with van der Waals surface area (Å²) in [6.45, 7) is 8.74. The lowest BCUT2D eigenvalue weighted by Gasteiger charge is -2.46. The fraction of sp³-hybridized carbons (Fsp3) is 0.714. The molecule has 1 aliphatic carbocycles. The Morgan fingerprint density at radius 1 is 1.00 bits per heavy atom. The molecule has 5 rings (SSSR count). The van der Waals surface area contributed by atoms with E-state index in [0.29, 0.717) is 36.2 Å². The molecule has 3 saturated heterocycles. The van der Waals surface area contributed by atoms with Crippen LogP contribution in [0.5, 0.6) is 0 Å². The molecule has 3 aliphatic heterocycles. The second kappa shape index (κ2) is 11.7. The van der Waals surface area contributed by atoms with E-state index < -0.39 is 11.6 Å². The molecule has 3 fully saturated rings. The molecule has 35 heavy (non-hydrogen) atoms. The van der Waals surface area contributed by atoms with E-state index in [1.54, 1.807) is 6.07 Å². The van der Waals surface area contributed by atoms with Gasteiger partial charge in [0.05, 0.1) is 11.5 Å². The summed E-state index contributed by atoms with van der Waals surface area (Å²) >= 11 is 0. The van der Waals surface area contributed by atoms with Gasteiger partial charge >= 0.3 is 0 Å². The first-order valence-corrected chi connectivity index (χ1v) is 12.7. The van der Waals surface area contributed by atoms with E-state index >= 15 is 0 Å². The zero-order valence-electron chi connectivity index (χ0n) is 19.8. The van der Waals surface area contributed by atoms with Crippen LogP contribution in [0.3, 0.4) is 0 Å². The standard InChI is InChI=1S/C26H37F3N4.2CH4/c1-17-4-3-5-19-12-21(28)13-22-15-25(19)33(17)26(18(2)30-22)16-31-8-10-32(11-9-31)24-7-6-20(27)14-23(24)29;;/h6-7,13-14,17-19,22,25-26,30H,3-5,8-12,15-16H2,1-2H3;2*1H4. The van der Waals surface area contributed by atoms with E-state index in [9.17, 15) is 13.2 Å². The molecule has 1 aromatic carbocycles. The predicted molar refractivity (Wildman–Crippen MR) is 140 cm³/mol. The number of piperazine rings is 1. The van der Waals surface area contributed by atoms with Crippen molar-refractivity contribution in [2.75, 3.05) is 37.6 Å². The van der Waals surface area contributed by atoms with E-state index in [-0.39, 0.29) is 32.8 Å². The molecule has 1 N–H and O–H groups in total. The van der Waals surface area contributed by atoms with Gasteiger partial charge in [0.15, 0.2) is 0 Å². The van der Waals surface area contributed by atoms with Crippen LogP contribution in [0.4, 0.5) is 18.9 Å². The minimum absolute atomic E-state index is 0. The molecule has 1 aromatic rings. The summed E-state index contributed by atoms with van der Waals surface area (Å²) in [6, 6.07) is 5.47. The summed E-state index contributed by atoms with van der Waals surface area (Å²) < 4.78 is 42.2. The third kappa shape index (κ3) is 5.89. The van der Waals surface area contributed by atoms with Gasteiger partial charge in [-0.25, -0.2) is 13.2 Å². The average molecular weight is 495 g/mol. The van der Waals surface area contributed by atoms with Gasteiger partial charge < -0.3 is 10.2 Å². The zero-order chi connectivity index (χ0) is 23.1. The van der Waals surface area contributed by atoms with Gasteiger partial charge in [-0.05, 0) is 57.2 Å². The van der Waals surface area contributed by atoms with Crippen molar-refractivity contribution in [3.8, 4) is 0 Å². The van der Waals surface area contributed by atoms with Crippen molar-refractivity contribution in [3.05, 3.63) is 41.7 Å². The molecule has 6 atom stereocenters. The summed E-state index contributed by atoms with van der Waals surface area (Å²) in [7, 11) is 0. The summed E-state index contributed by atoms with van der Waals surface area (Å²) in [5.74, 6) is -0.572. The largest absolute Gasteiger partial charge is 0.367 e. The summed E-state index contributed by atoms with van der Waals surface area (Å²) in [5, 5.41) is 3.74. The highest BCUT2D eigenvalue weighted by Gasteiger charge is 2.44. The molecular weight excluding hydrogens is 449 g/mol. The quantitative estimate of drug-likeness (QED) is 0.591. The minimum atomic E-state index is -0.537. The average Bonchev–Trinajstić information content (AvgIpc) is 3.07. The number of fused-ring (bicyclic) bond motifs is 1. The minimum Gasteiger partial charge on any atom is -0.367 e. The highest BCUT2D eigenvalue weighted by Crippen LogP contribution is 2.39. The molecule has 0 spiro atoms. The second-order valence-electron chi connectivity index (χ2n) is 10.6. The monoisotopic (exact) mass is 494 g/mol. The number of hydrogen-bond donors (Lipinski definition) is 1. The van der Waals surface area contributed by atoms with Crippen LogP contribution in [0.15, 0.2) is 30.1 Å². The van der Waals surface area contributed by atoms with E-state index in [0.717, 1.165) is 51.6 Å². The van der Waals surface area contributed by atoms with E-state index in [1.807, 2.05) is 11.0 Å². The second-order valence-corrected chi connectivity index (χ2v) is 10.6. The maximum atomic E-state index is 14.6. The highest BCUT2D eigenvalue weighted by atomic mass is 19.1. The Kier molecular flexibility index (Phi) is 9.33. The van der Waals surface area contributed by atoms with Gasteiger partial charge in [0.25, 0.3) is 0 Å². The Labute approximate surface area is 210 Å². The van der Waals surface area contributed by atoms with Gasteiger partial charge in [-0.1, -0.05) is 21.3 Å². The topological polar surface area (TPSA) is 21.8 Å². The Morgan fingerprint density at radius 3 is 2.46 bits per heavy atom. The number of allylic oxidation sites excluding steroid dienone is 1. The van der Waals surface area contributed by atoms with Gasteiger partial charge in [0.2, 0.25) is 0 Å². The number of rotatable bonds is 3. The molecule has 198 valence electrons. The molecule has 6 unspecified atom stereocenters. The lowest BCUT2D eigenvalue weighted by molar-refractivity contribution is 0.0354. The van der Waals surface area contributed by atoms with Crippen molar-refractivity contribution in [2.24, 2.45) is 5.92 Å². The van der Waals surface area contributed by atoms with Crippen molar-refractivity contribution in [1.82, 2.24) is 15.1 Å². The fourth-order valence-corrected chi connectivity index (χ4v) is 6.83. The number of hydrogen-bond acceptors (Lipinski definition) is 4. The summed E-state index contributed by atoms with van der Waals surface area (Å²) in [5.41, 5.74) is 0.489. The van der Waals surface area contributed by atoms with Crippen LogP contribution in [-0.4, -0.2) is 72.7 Å². The maximum absolute atomic E-state index is 14.6. The molecule has 4 nitrogen and oxygen atoms in total. The van der Waals surface area contributed by atoms with Gasteiger partial charge in [-0.3, -0.25) is 9.80 Å². The third-order valence-electron chi connectivity index (χ3n) is 8.47. The summed E-state index contributed by atoms with van der Waals surface area (Å²) in [4.78, 5) is 7.26. The molecule has 0 radical (unpaired) electrons. The van der Waals surface area contributed by atoms with Crippen molar-refractivity contribution in [1.29, 1.82) is 0 Å².